The molecule has 0 spiro atoms. The van der Waals surface area contributed by atoms with Crippen molar-refractivity contribution in [3.8, 4) is 11.4 Å². The van der Waals surface area contributed by atoms with Crippen LogP contribution in [-0.4, -0.2) is 53.3 Å². The van der Waals surface area contributed by atoms with E-state index in [4.69, 9.17) is 19.5 Å². The second-order valence-corrected chi connectivity index (χ2v) is 15.7. The fourth-order valence-corrected chi connectivity index (χ4v) is 8.93. The van der Waals surface area contributed by atoms with Crippen LogP contribution in [0.5, 0.6) is 0 Å². The lowest BCUT2D eigenvalue weighted by Crippen LogP contribution is -2.61. The van der Waals surface area contributed by atoms with Gasteiger partial charge in [-0.15, -0.1) is 0 Å². The molecule has 12 nitrogen and oxygen atoms in total. The van der Waals surface area contributed by atoms with Gasteiger partial charge >= 0.3 is 5.97 Å². The molecule has 12 heteroatoms. The summed E-state index contributed by atoms with van der Waals surface area (Å²) in [5.41, 5.74) is 5.02. The number of nitrogens with zero attached hydrogens (tertiary/aromatic N) is 4. The Hall–Kier alpha value is -6.30. The van der Waals surface area contributed by atoms with Gasteiger partial charge in [0.1, 0.15) is 17.6 Å². The summed E-state index contributed by atoms with van der Waals surface area (Å²) in [5, 5.41) is 14.8. The molecule has 0 atom stereocenters. The summed E-state index contributed by atoms with van der Waals surface area (Å²) in [7, 11) is 0. The number of aliphatic carboxylic acids is 1. The molecule has 3 heterocycles. The lowest BCUT2D eigenvalue weighted by molar-refractivity contribution is -0.131. The SMILES string of the molecule is O=C(O)/C=C/c1ccc(NC(=O)C2(NC(=O)c3ccc4c(c3)nc(C(=O)c3ccc5c(c3)nc(-c3ccoc3)n5C3CCCC3)n4C3CCCCC3)CCC2)cc1. The number of carbonyl (C=O) groups is 4. The third kappa shape index (κ3) is 6.93. The van der Waals surface area contributed by atoms with Crippen LogP contribution >= 0.6 is 0 Å². The van der Waals surface area contributed by atoms with E-state index >= 15 is 0 Å². The molecule has 6 aromatic rings. The Morgan fingerprint density at radius 2 is 1.40 bits per heavy atom. The van der Waals surface area contributed by atoms with Crippen molar-refractivity contribution >= 4 is 57.4 Å². The number of amides is 2. The first-order chi connectivity index (χ1) is 27.8. The van der Waals surface area contributed by atoms with Crippen molar-refractivity contribution in [2.45, 2.75) is 94.7 Å². The van der Waals surface area contributed by atoms with E-state index in [1.54, 1.807) is 48.9 Å². The Labute approximate surface area is 329 Å². The Kier molecular flexibility index (Phi) is 9.55. The van der Waals surface area contributed by atoms with Gasteiger partial charge in [-0.3, -0.25) is 14.4 Å². The molecule has 3 aliphatic rings. The minimum absolute atomic E-state index is 0.101. The zero-order valence-electron chi connectivity index (χ0n) is 31.6. The lowest BCUT2D eigenvalue weighted by Gasteiger charge is -2.40. The van der Waals surface area contributed by atoms with Crippen LogP contribution in [0.2, 0.25) is 0 Å². The van der Waals surface area contributed by atoms with Crippen LogP contribution in [0.4, 0.5) is 5.69 Å². The van der Waals surface area contributed by atoms with Crippen LogP contribution in [0.25, 0.3) is 39.5 Å². The van der Waals surface area contributed by atoms with Gasteiger partial charge < -0.3 is 29.3 Å². The number of carbonyl (C=O) groups excluding carboxylic acids is 3. The van der Waals surface area contributed by atoms with Gasteiger partial charge in [0.2, 0.25) is 11.7 Å². The first-order valence-electron chi connectivity index (χ1n) is 20.0. The predicted octanol–water partition coefficient (Wildman–Crippen LogP) is 8.89. The summed E-state index contributed by atoms with van der Waals surface area (Å²) < 4.78 is 9.82. The van der Waals surface area contributed by atoms with Crippen molar-refractivity contribution in [1.29, 1.82) is 0 Å². The van der Waals surface area contributed by atoms with Crippen LogP contribution in [0.1, 0.15) is 121 Å². The number of carboxylic acids is 1. The van der Waals surface area contributed by atoms with Crippen molar-refractivity contribution < 1.29 is 28.7 Å². The number of rotatable bonds is 11. The summed E-state index contributed by atoms with van der Waals surface area (Å²) >= 11 is 0. The monoisotopic (exact) mass is 764 g/mol. The van der Waals surface area contributed by atoms with Crippen LogP contribution in [0.15, 0.2) is 89.7 Å². The van der Waals surface area contributed by atoms with Gasteiger partial charge in [-0.1, -0.05) is 44.2 Å². The molecule has 3 saturated carbocycles. The molecule has 0 bridgehead atoms. The van der Waals surface area contributed by atoms with Gasteiger partial charge in [-0.25, -0.2) is 14.8 Å². The molecule has 0 radical (unpaired) electrons. The molecule has 3 aromatic carbocycles. The van der Waals surface area contributed by atoms with E-state index in [1.807, 2.05) is 30.3 Å². The molecular weight excluding hydrogens is 721 g/mol. The van der Waals surface area contributed by atoms with Crippen molar-refractivity contribution in [2.24, 2.45) is 0 Å². The van der Waals surface area contributed by atoms with Crippen LogP contribution in [0, 0.1) is 0 Å². The zero-order valence-corrected chi connectivity index (χ0v) is 31.6. The van der Waals surface area contributed by atoms with E-state index in [1.165, 1.54) is 18.9 Å². The van der Waals surface area contributed by atoms with Gasteiger partial charge in [-0.05, 0) is 111 Å². The van der Waals surface area contributed by atoms with Crippen molar-refractivity contribution in [2.75, 3.05) is 5.32 Å². The minimum Gasteiger partial charge on any atom is -0.478 e. The molecule has 3 aromatic heterocycles. The highest BCUT2D eigenvalue weighted by Gasteiger charge is 2.45. The maximum Gasteiger partial charge on any atom is 0.328 e. The molecule has 3 fully saturated rings. The van der Waals surface area contributed by atoms with Gasteiger partial charge in [0.05, 0.1) is 33.9 Å². The highest BCUT2D eigenvalue weighted by Crippen LogP contribution is 2.39. The topological polar surface area (TPSA) is 161 Å². The normalized spacial score (nSPS) is 17.3. The minimum atomic E-state index is -1.07. The van der Waals surface area contributed by atoms with Crippen LogP contribution in [-0.2, 0) is 9.59 Å². The quantitative estimate of drug-likeness (QED) is 0.0871. The molecule has 2 amide bonds. The number of furan rings is 1. The summed E-state index contributed by atoms with van der Waals surface area (Å²) in [4.78, 5) is 62.8. The summed E-state index contributed by atoms with van der Waals surface area (Å²) in [6, 6.07) is 20.3. The maximum absolute atomic E-state index is 14.6. The number of hydrogen-bond donors (Lipinski definition) is 3. The Morgan fingerprint density at radius 1 is 0.754 bits per heavy atom. The smallest absolute Gasteiger partial charge is 0.328 e. The molecule has 3 N–H and O–H groups in total. The maximum atomic E-state index is 14.6. The molecule has 290 valence electrons. The van der Waals surface area contributed by atoms with Gasteiger partial charge in [0.15, 0.2) is 5.82 Å². The fraction of sp³-hybridized carbons (Fsp3) is 0.333. The second kappa shape index (κ2) is 15.0. The van der Waals surface area contributed by atoms with E-state index in [2.05, 4.69) is 19.8 Å². The zero-order chi connectivity index (χ0) is 39.1. The average Bonchev–Trinajstić information content (AvgIpc) is 4.04. The highest BCUT2D eigenvalue weighted by atomic mass is 16.4. The van der Waals surface area contributed by atoms with E-state index in [9.17, 15) is 19.2 Å². The molecular formula is C45H44N6O6. The number of imidazole rings is 2. The Bertz CT molecular complexity index is 2530. The largest absolute Gasteiger partial charge is 0.478 e. The average molecular weight is 765 g/mol. The number of benzene rings is 3. The first kappa shape index (κ1) is 36.3. The number of anilines is 1. The molecule has 0 saturated heterocycles. The Balaban J connectivity index is 1.00. The van der Waals surface area contributed by atoms with E-state index in [-0.39, 0.29) is 17.7 Å². The van der Waals surface area contributed by atoms with E-state index in [0.29, 0.717) is 52.6 Å². The van der Waals surface area contributed by atoms with Crippen molar-refractivity contribution in [3.63, 3.8) is 0 Å². The number of fused-ring (bicyclic) bond motifs is 2. The lowest BCUT2D eigenvalue weighted by atomic mass is 9.75. The summed E-state index contributed by atoms with van der Waals surface area (Å²) in [6.07, 6.45) is 17.4. The Morgan fingerprint density at radius 3 is 2.07 bits per heavy atom. The summed E-state index contributed by atoms with van der Waals surface area (Å²) in [6.45, 7) is 0. The highest BCUT2D eigenvalue weighted by molar-refractivity contribution is 6.10. The molecule has 0 unspecified atom stereocenters. The number of hydrogen-bond acceptors (Lipinski definition) is 7. The third-order valence-electron chi connectivity index (χ3n) is 12.1. The predicted molar refractivity (Wildman–Crippen MR) is 216 cm³/mol. The van der Waals surface area contributed by atoms with E-state index < -0.39 is 17.4 Å². The fourth-order valence-electron chi connectivity index (χ4n) is 8.93. The molecule has 3 aliphatic carbocycles. The number of aromatic nitrogens is 4. The van der Waals surface area contributed by atoms with Gasteiger partial charge in [-0.2, -0.15) is 0 Å². The standard InChI is InChI=1S/C45H44N6O6/c52-39(53)20-13-28-11-16-32(17-12-28)46-44(56)45(22-6-23-45)49-43(55)30-15-19-38-36(26-30)48-42(51(38)34-7-2-1-3-8-34)40(54)29-14-18-37-35(25-29)47-41(31-21-24-57-27-31)50(37)33-9-4-5-10-33/h11-21,24-27,33-34H,1-10,22-23H2,(H,46,56)(H,49,55)(H,52,53)/b20-13+. The van der Waals surface area contributed by atoms with Gasteiger partial charge in [0, 0.05) is 35.0 Å². The number of nitrogens with one attached hydrogen (secondary N) is 2. The third-order valence-corrected chi connectivity index (χ3v) is 12.1. The van der Waals surface area contributed by atoms with Crippen molar-refractivity contribution in [1.82, 2.24) is 24.4 Å². The van der Waals surface area contributed by atoms with Gasteiger partial charge in [0.25, 0.3) is 5.91 Å². The van der Waals surface area contributed by atoms with Crippen molar-refractivity contribution in [3.05, 3.63) is 108 Å². The molecule has 0 aliphatic heterocycles. The van der Waals surface area contributed by atoms with Crippen LogP contribution < -0.4 is 10.6 Å². The number of carboxylic acid groups (broad SMARTS) is 1. The molecule has 9 rings (SSSR count). The number of ketones is 1. The molecule has 57 heavy (non-hydrogen) atoms. The second-order valence-electron chi connectivity index (χ2n) is 15.7. The first-order valence-corrected chi connectivity index (χ1v) is 20.0. The summed E-state index contributed by atoms with van der Waals surface area (Å²) in [5.74, 6) is -0.749. The van der Waals surface area contributed by atoms with Crippen LogP contribution in [0.3, 0.4) is 0 Å². The van der Waals surface area contributed by atoms with E-state index in [0.717, 1.165) is 85.4 Å².